The van der Waals surface area contributed by atoms with Gasteiger partial charge in [0.15, 0.2) is 0 Å². The Balaban J connectivity index is 1.80. The van der Waals surface area contributed by atoms with Crippen molar-refractivity contribution in [2.24, 2.45) is 0 Å². The van der Waals surface area contributed by atoms with Gasteiger partial charge in [0.2, 0.25) is 0 Å². The average Bonchev–Trinajstić information content (AvgIpc) is 3.28. The number of nitrogens with zero attached hydrogens (tertiary/aromatic N) is 2. The molecule has 29 heavy (non-hydrogen) atoms. The van der Waals surface area contributed by atoms with E-state index >= 15 is 0 Å². The first-order valence-electron chi connectivity index (χ1n) is 9.45. The number of benzene rings is 2. The number of hydrogen-bond acceptors (Lipinski definition) is 5. The van der Waals surface area contributed by atoms with Crippen molar-refractivity contribution in [3.8, 4) is 22.8 Å². The number of nitrogens with one attached hydrogen (secondary N) is 1. The van der Waals surface area contributed by atoms with E-state index in [4.69, 9.17) is 9.47 Å². The number of rotatable bonds is 7. The molecule has 1 unspecified atom stereocenters. The fraction of sp³-hybridized carbons (Fsp3) is 0.273. The maximum absolute atomic E-state index is 13.1. The molecule has 3 aromatic rings. The van der Waals surface area contributed by atoms with Crippen LogP contribution >= 0.6 is 0 Å². The zero-order valence-electron chi connectivity index (χ0n) is 16.4. The number of aromatic nitrogens is 2. The Kier molecular flexibility index (Phi) is 5.22. The second kappa shape index (κ2) is 7.97. The number of H-pyrrole nitrogens is 1. The second-order valence-electron chi connectivity index (χ2n) is 6.93. The number of methoxy groups -OCH3 is 2. The summed E-state index contributed by atoms with van der Waals surface area (Å²) in [6.45, 7) is 1.10. The molecule has 1 aliphatic rings. The summed E-state index contributed by atoms with van der Waals surface area (Å²) in [5, 5.41) is 17.4. The lowest BCUT2D eigenvalue weighted by atomic mass is 9.96. The van der Waals surface area contributed by atoms with Crippen LogP contribution in [0.1, 0.15) is 34.1 Å². The molecule has 2 N–H and O–H groups in total. The summed E-state index contributed by atoms with van der Waals surface area (Å²) in [6, 6.07) is 14.3. The van der Waals surface area contributed by atoms with Crippen LogP contribution in [0.5, 0.6) is 11.5 Å². The Morgan fingerprint density at radius 1 is 1.17 bits per heavy atom. The molecule has 0 bridgehead atoms. The Morgan fingerprint density at radius 2 is 1.97 bits per heavy atom. The first-order valence-corrected chi connectivity index (χ1v) is 9.45. The van der Waals surface area contributed by atoms with Crippen molar-refractivity contribution >= 4 is 5.91 Å². The molecule has 1 atom stereocenters. The molecule has 4 rings (SSSR count). The first kappa shape index (κ1) is 19.0. The van der Waals surface area contributed by atoms with Gasteiger partial charge in [0.1, 0.15) is 17.2 Å². The van der Waals surface area contributed by atoms with Crippen LogP contribution in [0.25, 0.3) is 11.3 Å². The minimum atomic E-state index is -0.336. The van der Waals surface area contributed by atoms with Gasteiger partial charge in [-0.1, -0.05) is 12.1 Å². The SMILES string of the molecule is COCCCN1C(=O)c2[nH]nc(-c3ccc(OC)cc3)c2C1c1cccc(O)c1. The van der Waals surface area contributed by atoms with E-state index < -0.39 is 0 Å². The van der Waals surface area contributed by atoms with Gasteiger partial charge in [-0.3, -0.25) is 9.89 Å². The van der Waals surface area contributed by atoms with E-state index in [2.05, 4.69) is 10.2 Å². The molecule has 1 amide bonds. The van der Waals surface area contributed by atoms with Crippen LogP contribution in [0.2, 0.25) is 0 Å². The number of carbonyl (C=O) groups is 1. The van der Waals surface area contributed by atoms with Crippen LogP contribution in [0.15, 0.2) is 48.5 Å². The van der Waals surface area contributed by atoms with E-state index in [1.54, 1.807) is 32.4 Å². The molecule has 0 aliphatic carbocycles. The minimum absolute atomic E-state index is 0.100. The van der Waals surface area contributed by atoms with Crippen molar-refractivity contribution in [1.29, 1.82) is 0 Å². The highest BCUT2D eigenvalue weighted by Crippen LogP contribution is 2.43. The lowest BCUT2D eigenvalue weighted by Gasteiger charge is -2.26. The Labute approximate surface area is 168 Å². The summed E-state index contributed by atoms with van der Waals surface area (Å²) >= 11 is 0. The summed E-state index contributed by atoms with van der Waals surface area (Å²) in [4.78, 5) is 14.9. The summed E-state index contributed by atoms with van der Waals surface area (Å²) in [5.74, 6) is 0.814. The number of amides is 1. The standard InChI is InChI=1S/C22H23N3O4/c1-28-12-4-11-25-21(15-5-3-6-16(26)13-15)18-19(23-24-20(18)22(25)27)14-7-9-17(29-2)10-8-14/h3,5-10,13,21,26H,4,11-12H2,1-2H3,(H,23,24). The number of hydrogen-bond donors (Lipinski definition) is 2. The Bertz CT molecular complexity index is 1010. The summed E-state index contributed by atoms with van der Waals surface area (Å²) in [7, 11) is 3.27. The fourth-order valence-electron chi connectivity index (χ4n) is 3.82. The summed E-state index contributed by atoms with van der Waals surface area (Å²) < 4.78 is 10.4. The van der Waals surface area contributed by atoms with Crippen molar-refractivity contribution in [2.75, 3.05) is 27.4 Å². The highest BCUT2D eigenvalue weighted by Gasteiger charge is 2.41. The van der Waals surface area contributed by atoms with Crippen LogP contribution in [-0.4, -0.2) is 53.5 Å². The third kappa shape index (κ3) is 3.45. The fourth-order valence-corrected chi connectivity index (χ4v) is 3.82. The molecule has 0 saturated carbocycles. The van der Waals surface area contributed by atoms with Gasteiger partial charge in [0.25, 0.3) is 5.91 Å². The number of fused-ring (bicyclic) bond motifs is 1. The van der Waals surface area contributed by atoms with E-state index in [1.807, 2.05) is 35.2 Å². The summed E-state index contributed by atoms with van der Waals surface area (Å²) in [6.07, 6.45) is 0.715. The van der Waals surface area contributed by atoms with Crippen molar-refractivity contribution in [3.05, 3.63) is 65.4 Å². The molecule has 1 aliphatic heterocycles. The predicted octanol–water partition coefficient (Wildman–Crippen LogP) is 3.37. The highest BCUT2D eigenvalue weighted by atomic mass is 16.5. The molecule has 7 nitrogen and oxygen atoms in total. The van der Waals surface area contributed by atoms with Crippen molar-refractivity contribution in [1.82, 2.24) is 15.1 Å². The first-order chi connectivity index (χ1) is 14.1. The van der Waals surface area contributed by atoms with Gasteiger partial charge in [-0.15, -0.1) is 0 Å². The van der Waals surface area contributed by atoms with Crippen LogP contribution < -0.4 is 4.74 Å². The smallest absolute Gasteiger partial charge is 0.273 e. The van der Waals surface area contributed by atoms with Gasteiger partial charge >= 0.3 is 0 Å². The predicted molar refractivity (Wildman–Crippen MR) is 108 cm³/mol. The molecule has 0 radical (unpaired) electrons. The number of aromatic hydroxyl groups is 1. The molecule has 0 saturated heterocycles. The van der Waals surface area contributed by atoms with Gasteiger partial charge < -0.3 is 19.5 Å². The zero-order chi connectivity index (χ0) is 20.4. The summed E-state index contributed by atoms with van der Waals surface area (Å²) in [5.41, 5.74) is 3.76. The third-order valence-electron chi connectivity index (χ3n) is 5.16. The van der Waals surface area contributed by atoms with Crippen molar-refractivity contribution < 1.29 is 19.4 Å². The number of carbonyl (C=O) groups excluding carboxylic acids is 1. The van der Waals surface area contributed by atoms with Gasteiger partial charge in [-0.25, -0.2) is 0 Å². The van der Waals surface area contributed by atoms with Crippen LogP contribution in [0, 0.1) is 0 Å². The molecular weight excluding hydrogens is 370 g/mol. The van der Waals surface area contributed by atoms with Gasteiger partial charge in [0, 0.05) is 31.4 Å². The van der Waals surface area contributed by atoms with Crippen LogP contribution in [-0.2, 0) is 4.74 Å². The number of ether oxygens (including phenoxy) is 2. The van der Waals surface area contributed by atoms with Crippen LogP contribution in [0.3, 0.4) is 0 Å². The lowest BCUT2D eigenvalue weighted by molar-refractivity contribution is 0.0723. The minimum Gasteiger partial charge on any atom is -0.508 e. The quantitative estimate of drug-likeness (QED) is 0.601. The second-order valence-corrected chi connectivity index (χ2v) is 6.93. The maximum atomic E-state index is 13.1. The van der Waals surface area contributed by atoms with Crippen LogP contribution in [0.4, 0.5) is 0 Å². The van der Waals surface area contributed by atoms with Gasteiger partial charge in [-0.2, -0.15) is 5.10 Å². The van der Waals surface area contributed by atoms with E-state index in [9.17, 15) is 9.90 Å². The molecule has 0 fully saturated rings. The van der Waals surface area contributed by atoms with E-state index in [0.717, 1.165) is 28.1 Å². The van der Waals surface area contributed by atoms with Crippen molar-refractivity contribution in [2.45, 2.75) is 12.5 Å². The zero-order valence-corrected chi connectivity index (χ0v) is 16.4. The maximum Gasteiger partial charge on any atom is 0.273 e. The van der Waals surface area contributed by atoms with E-state index in [0.29, 0.717) is 25.3 Å². The molecule has 7 heteroatoms. The Hall–Kier alpha value is -3.32. The molecule has 1 aromatic heterocycles. The van der Waals surface area contributed by atoms with Gasteiger partial charge in [0.05, 0.1) is 18.8 Å². The Morgan fingerprint density at radius 3 is 2.66 bits per heavy atom. The third-order valence-corrected chi connectivity index (χ3v) is 5.16. The molecule has 2 heterocycles. The topological polar surface area (TPSA) is 87.7 Å². The number of phenolic OH excluding ortho intramolecular Hbond substituents is 1. The van der Waals surface area contributed by atoms with Crippen molar-refractivity contribution in [3.63, 3.8) is 0 Å². The molecule has 0 spiro atoms. The van der Waals surface area contributed by atoms with E-state index in [-0.39, 0.29) is 17.7 Å². The van der Waals surface area contributed by atoms with E-state index in [1.165, 1.54) is 0 Å². The highest BCUT2D eigenvalue weighted by molar-refractivity contribution is 6.00. The number of aromatic amines is 1. The van der Waals surface area contributed by atoms with Gasteiger partial charge in [-0.05, 0) is 48.4 Å². The normalized spacial score (nSPS) is 15.6. The molecule has 2 aromatic carbocycles. The average molecular weight is 393 g/mol. The lowest BCUT2D eigenvalue weighted by Crippen LogP contribution is -2.31. The number of phenols is 1. The molecule has 150 valence electrons. The largest absolute Gasteiger partial charge is 0.508 e. The monoisotopic (exact) mass is 393 g/mol. The molecular formula is C22H23N3O4.